The smallest absolute Gasteiger partial charge is 0.407 e. The molecule has 5 nitrogen and oxygen atoms in total. The summed E-state index contributed by atoms with van der Waals surface area (Å²) in [6.07, 6.45) is 5.09. The highest BCUT2D eigenvalue weighted by Crippen LogP contribution is 2.32. The van der Waals surface area contributed by atoms with Gasteiger partial charge < -0.3 is 10.1 Å². The lowest BCUT2D eigenvalue weighted by Crippen LogP contribution is -2.50. The zero-order valence-corrected chi connectivity index (χ0v) is 12.2. The van der Waals surface area contributed by atoms with E-state index >= 15 is 0 Å². The standard InChI is InChI=1S/C16H23N3O2/c20-15(21-12-13-4-2-1-3-5-13)18-14-6-8-16(9-7-14)10-11-17-19-16/h1-5,14,17,19H,6-12H2,(H,18,20). The van der Waals surface area contributed by atoms with Crippen molar-refractivity contribution in [2.24, 2.45) is 0 Å². The maximum atomic E-state index is 11.8. The molecule has 1 saturated heterocycles. The van der Waals surface area contributed by atoms with Gasteiger partial charge in [0.2, 0.25) is 0 Å². The third-order valence-corrected chi connectivity index (χ3v) is 4.56. The molecule has 1 saturated carbocycles. The first-order valence-corrected chi connectivity index (χ1v) is 7.73. The molecule has 0 bridgehead atoms. The van der Waals surface area contributed by atoms with Gasteiger partial charge in [0, 0.05) is 18.1 Å². The largest absolute Gasteiger partial charge is 0.445 e. The minimum absolute atomic E-state index is 0.237. The molecule has 1 aliphatic carbocycles. The van der Waals surface area contributed by atoms with E-state index in [1.54, 1.807) is 0 Å². The molecule has 1 amide bonds. The summed E-state index contributed by atoms with van der Waals surface area (Å²) < 4.78 is 5.27. The van der Waals surface area contributed by atoms with E-state index < -0.39 is 0 Å². The Bertz CT molecular complexity index is 462. The number of hydrogen-bond acceptors (Lipinski definition) is 4. The molecule has 2 fully saturated rings. The minimum atomic E-state index is -0.308. The molecular formula is C16H23N3O2. The molecule has 114 valence electrons. The SMILES string of the molecule is O=C(NC1CCC2(CCNN2)CC1)OCc1ccccc1. The van der Waals surface area contributed by atoms with Crippen molar-refractivity contribution in [1.29, 1.82) is 0 Å². The summed E-state index contributed by atoms with van der Waals surface area (Å²) in [4.78, 5) is 11.8. The van der Waals surface area contributed by atoms with Crippen LogP contribution in [0.2, 0.25) is 0 Å². The lowest BCUT2D eigenvalue weighted by atomic mass is 9.78. The van der Waals surface area contributed by atoms with Gasteiger partial charge in [0.15, 0.2) is 0 Å². The molecule has 21 heavy (non-hydrogen) atoms. The van der Waals surface area contributed by atoms with Crippen LogP contribution in [0, 0.1) is 0 Å². The number of hydrogen-bond donors (Lipinski definition) is 3. The number of nitrogens with one attached hydrogen (secondary N) is 3. The Balaban J connectivity index is 1.40. The second-order valence-corrected chi connectivity index (χ2v) is 6.06. The zero-order chi connectivity index (χ0) is 14.5. The molecule has 1 spiro atoms. The van der Waals surface area contributed by atoms with Crippen LogP contribution in [0.1, 0.15) is 37.7 Å². The Kier molecular flexibility index (Phi) is 4.41. The highest BCUT2D eigenvalue weighted by atomic mass is 16.5. The van der Waals surface area contributed by atoms with E-state index in [1.807, 2.05) is 30.3 Å². The van der Waals surface area contributed by atoms with Crippen molar-refractivity contribution in [3.8, 4) is 0 Å². The van der Waals surface area contributed by atoms with E-state index in [4.69, 9.17) is 4.74 Å². The maximum absolute atomic E-state index is 11.8. The van der Waals surface area contributed by atoms with Gasteiger partial charge in [-0.05, 0) is 37.7 Å². The van der Waals surface area contributed by atoms with Crippen molar-refractivity contribution >= 4 is 6.09 Å². The lowest BCUT2D eigenvalue weighted by molar-refractivity contribution is 0.128. The normalized spacial score (nSPS) is 28.5. The first-order chi connectivity index (χ1) is 10.3. The molecule has 0 aromatic heterocycles. The first kappa shape index (κ1) is 14.4. The Labute approximate surface area is 125 Å². The van der Waals surface area contributed by atoms with Gasteiger partial charge in [-0.1, -0.05) is 30.3 Å². The third kappa shape index (κ3) is 3.74. The number of carbonyl (C=O) groups is 1. The van der Waals surface area contributed by atoms with Crippen LogP contribution in [-0.4, -0.2) is 24.2 Å². The fourth-order valence-corrected chi connectivity index (χ4v) is 3.24. The van der Waals surface area contributed by atoms with Crippen LogP contribution in [0.5, 0.6) is 0 Å². The van der Waals surface area contributed by atoms with Crippen LogP contribution in [0.3, 0.4) is 0 Å². The summed E-state index contributed by atoms with van der Waals surface area (Å²) >= 11 is 0. The number of amides is 1. The molecule has 1 aliphatic heterocycles. The van der Waals surface area contributed by atoms with Crippen LogP contribution in [0.15, 0.2) is 30.3 Å². The van der Waals surface area contributed by atoms with E-state index in [1.165, 1.54) is 6.42 Å². The van der Waals surface area contributed by atoms with Crippen LogP contribution < -0.4 is 16.2 Å². The van der Waals surface area contributed by atoms with E-state index in [0.29, 0.717) is 6.61 Å². The molecule has 5 heteroatoms. The fourth-order valence-electron chi connectivity index (χ4n) is 3.24. The number of ether oxygens (including phenoxy) is 1. The molecule has 3 rings (SSSR count). The maximum Gasteiger partial charge on any atom is 0.407 e. The fraction of sp³-hybridized carbons (Fsp3) is 0.562. The van der Waals surface area contributed by atoms with Gasteiger partial charge in [-0.2, -0.15) is 0 Å². The predicted octanol–water partition coefficient (Wildman–Crippen LogP) is 2.09. The molecular weight excluding hydrogens is 266 g/mol. The summed E-state index contributed by atoms with van der Waals surface area (Å²) in [5, 5.41) is 2.99. The lowest BCUT2D eigenvalue weighted by Gasteiger charge is -2.36. The van der Waals surface area contributed by atoms with E-state index in [2.05, 4.69) is 16.2 Å². The Hall–Kier alpha value is -1.59. The Morgan fingerprint density at radius 1 is 1.24 bits per heavy atom. The highest BCUT2D eigenvalue weighted by molar-refractivity contribution is 5.67. The predicted molar refractivity (Wildman–Crippen MR) is 80.5 cm³/mol. The third-order valence-electron chi connectivity index (χ3n) is 4.56. The van der Waals surface area contributed by atoms with Gasteiger partial charge in [0.25, 0.3) is 0 Å². The second-order valence-electron chi connectivity index (χ2n) is 6.06. The summed E-state index contributed by atoms with van der Waals surface area (Å²) in [5.41, 5.74) is 7.88. The molecule has 3 N–H and O–H groups in total. The van der Waals surface area contributed by atoms with Gasteiger partial charge in [-0.15, -0.1) is 0 Å². The Morgan fingerprint density at radius 2 is 2.00 bits per heavy atom. The number of hydrazine groups is 1. The molecule has 1 heterocycles. The van der Waals surface area contributed by atoms with Gasteiger partial charge in [0.05, 0.1) is 0 Å². The topological polar surface area (TPSA) is 62.4 Å². The minimum Gasteiger partial charge on any atom is -0.445 e. The zero-order valence-electron chi connectivity index (χ0n) is 12.2. The van der Waals surface area contributed by atoms with Gasteiger partial charge in [0.1, 0.15) is 6.61 Å². The monoisotopic (exact) mass is 289 g/mol. The summed E-state index contributed by atoms with van der Waals surface area (Å²) in [6.45, 7) is 1.37. The van der Waals surface area contributed by atoms with E-state index in [9.17, 15) is 4.79 Å². The molecule has 0 unspecified atom stereocenters. The van der Waals surface area contributed by atoms with Crippen molar-refractivity contribution in [3.63, 3.8) is 0 Å². The molecule has 0 atom stereocenters. The van der Waals surface area contributed by atoms with Crippen molar-refractivity contribution in [2.45, 2.75) is 50.3 Å². The van der Waals surface area contributed by atoms with E-state index in [-0.39, 0.29) is 17.7 Å². The van der Waals surface area contributed by atoms with Crippen LogP contribution >= 0.6 is 0 Å². The number of rotatable bonds is 3. The van der Waals surface area contributed by atoms with Crippen LogP contribution in [0.25, 0.3) is 0 Å². The van der Waals surface area contributed by atoms with Gasteiger partial charge in [-0.25, -0.2) is 4.79 Å². The highest BCUT2D eigenvalue weighted by Gasteiger charge is 2.37. The summed E-state index contributed by atoms with van der Waals surface area (Å²) in [6, 6.07) is 9.99. The van der Waals surface area contributed by atoms with Crippen molar-refractivity contribution in [2.75, 3.05) is 6.54 Å². The Morgan fingerprint density at radius 3 is 2.67 bits per heavy atom. The average molecular weight is 289 g/mol. The van der Waals surface area contributed by atoms with Gasteiger partial charge in [-0.3, -0.25) is 10.9 Å². The van der Waals surface area contributed by atoms with Crippen LogP contribution in [0.4, 0.5) is 4.79 Å². The van der Waals surface area contributed by atoms with Crippen molar-refractivity contribution in [3.05, 3.63) is 35.9 Å². The quantitative estimate of drug-likeness (QED) is 0.797. The second kappa shape index (κ2) is 6.45. The van der Waals surface area contributed by atoms with Crippen molar-refractivity contribution in [1.82, 2.24) is 16.2 Å². The molecule has 1 aromatic rings. The number of alkyl carbamates (subject to hydrolysis) is 1. The molecule has 2 aliphatic rings. The number of carbonyl (C=O) groups excluding carboxylic acids is 1. The molecule has 1 aromatic carbocycles. The summed E-state index contributed by atoms with van der Waals surface area (Å²) in [7, 11) is 0. The average Bonchev–Trinajstić information content (AvgIpc) is 2.97. The van der Waals surface area contributed by atoms with Gasteiger partial charge >= 0.3 is 6.09 Å². The van der Waals surface area contributed by atoms with E-state index in [0.717, 1.165) is 37.8 Å². The molecule has 0 radical (unpaired) electrons. The number of benzene rings is 1. The van der Waals surface area contributed by atoms with Crippen LogP contribution in [-0.2, 0) is 11.3 Å². The first-order valence-electron chi connectivity index (χ1n) is 7.73. The summed E-state index contributed by atoms with van der Waals surface area (Å²) in [5.74, 6) is 0. The van der Waals surface area contributed by atoms with Crippen molar-refractivity contribution < 1.29 is 9.53 Å².